The molecule has 0 spiro atoms. The van der Waals surface area contributed by atoms with Crippen LogP contribution in [0, 0.1) is 12.8 Å². The van der Waals surface area contributed by atoms with Crippen molar-refractivity contribution in [2.75, 3.05) is 0 Å². The fraction of sp³-hybridized carbons (Fsp3) is 0.429. The molecule has 2 heterocycles. The minimum atomic E-state index is 0.0762. The summed E-state index contributed by atoms with van der Waals surface area (Å²) in [7, 11) is 0. The second kappa shape index (κ2) is 5.17. The van der Waals surface area contributed by atoms with Crippen molar-refractivity contribution in [2.45, 2.75) is 32.7 Å². The summed E-state index contributed by atoms with van der Waals surface area (Å²) < 4.78 is 0. The molecule has 2 aromatic rings. The van der Waals surface area contributed by atoms with E-state index in [0.29, 0.717) is 6.54 Å². The van der Waals surface area contributed by atoms with Gasteiger partial charge in [-0.25, -0.2) is 4.98 Å². The molecule has 19 heavy (non-hydrogen) atoms. The molecule has 0 radical (unpaired) electrons. The van der Waals surface area contributed by atoms with Crippen molar-refractivity contribution in [1.29, 1.82) is 0 Å². The summed E-state index contributed by atoms with van der Waals surface area (Å²) in [5.74, 6) is 1.18. The fourth-order valence-corrected chi connectivity index (χ4v) is 3.22. The first-order valence-corrected chi connectivity index (χ1v) is 7.45. The second-order valence-electron chi connectivity index (χ2n) is 4.98. The van der Waals surface area contributed by atoms with Crippen molar-refractivity contribution in [3.05, 3.63) is 39.6 Å². The molecule has 4 nitrogen and oxygen atoms in total. The molecule has 0 fully saturated rings. The topological polar surface area (TPSA) is 57.8 Å². The Morgan fingerprint density at radius 2 is 2.53 bits per heavy atom. The van der Waals surface area contributed by atoms with Crippen molar-refractivity contribution in [3.63, 3.8) is 0 Å². The van der Waals surface area contributed by atoms with Gasteiger partial charge in [0.25, 0.3) is 0 Å². The van der Waals surface area contributed by atoms with Crippen LogP contribution in [-0.2, 0) is 24.2 Å². The van der Waals surface area contributed by atoms with E-state index in [-0.39, 0.29) is 11.8 Å². The summed E-state index contributed by atoms with van der Waals surface area (Å²) in [5.41, 5.74) is 2.28. The number of hydrogen-bond donors (Lipinski definition) is 2. The number of fused-ring (bicyclic) bond motifs is 1. The lowest BCUT2D eigenvalue weighted by Crippen LogP contribution is -2.33. The predicted molar refractivity (Wildman–Crippen MR) is 75.0 cm³/mol. The number of aromatic nitrogens is 2. The number of nitrogens with one attached hydrogen (secondary N) is 2. The molecule has 1 aliphatic carbocycles. The number of aromatic amines is 1. The van der Waals surface area contributed by atoms with Crippen LogP contribution in [0.4, 0.5) is 0 Å². The number of aryl methyl sites for hydroxylation is 2. The Bertz CT molecular complexity index is 574. The van der Waals surface area contributed by atoms with Crippen molar-refractivity contribution in [2.24, 2.45) is 5.92 Å². The molecular weight excluding hydrogens is 258 g/mol. The highest BCUT2D eigenvalue weighted by Crippen LogP contribution is 2.24. The highest BCUT2D eigenvalue weighted by Gasteiger charge is 2.26. The molecule has 3 rings (SSSR count). The quantitative estimate of drug-likeness (QED) is 0.902. The minimum absolute atomic E-state index is 0.0762. The molecular formula is C14H17N3OS. The van der Waals surface area contributed by atoms with E-state index in [1.54, 1.807) is 11.3 Å². The van der Waals surface area contributed by atoms with E-state index >= 15 is 0 Å². The molecule has 0 bridgehead atoms. The van der Waals surface area contributed by atoms with Gasteiger partial charge in [-0.15, -0.1) is 11.3 Å². The van der Waals surface area contributed by atoms with Gasteiger partial charge < -0.3 is 10.3 Å². The number of nitrogens with zero attached hydrogens (tertiary/aromatic N) is 1. The molecule has 0 aromatic carbocycles. The summed E-state index contributed by atoms with van der Waals surface area (Å²) in [6, 6.07) is 4.05. The SMILES string of the molecule is Cc1nc2c([nH]1)CC(C(=O)NCc1cccs1)CC2. The molecule has 1 unspecified atom stereocenters. The maximum absolute atomic E-state index is 12.2. The highest BCUT2D eigenvalue weighted by atomic mass is 32.1. The largest absolute Gasteiger partial charge is 0.351 e. The molecule has 1 atom stereocenters. The molecule has 2 N–H and O–H groups in total. The lowest BCUT2D eigenvalue weighted by molar-refractivity contribution is -0.125. The number of hydrogen-bond acceptors (Lipinski definition) is 3. The molecule has 0 aliphatic heterocycles. The van der Waals surface area contributed by atoms with Gasteiger partial charge in [-0.3, -0.25) is 4.79 Å². The summed E-state index contributed by atoms with van der Waals surface area (Å²) in [6.45, 7) is 2.60. The number of thiophene rings is 1. The Hall–Kier alpha value is -1.62. The zero-order valence-corrected chi connectivity index (χ0v) is 11.7. The van der Waals surface area contributed by atoms with Crippen LogP contribution in [0.15, 0.2) is 17.5 Å². The Morgan fingerprint density at radius 3 is 3.32 bits per heavy atom. The van der Waals surface area contributed by atoms with E-state index in [4.69, 9.17) is 0 Å². The standard InChI is InChI=1S/C14H17N3OS/c1-9-16-12-5-4-10(7-13(12)17-9)14(18)15-8-11-3-2-6-19-11/h2-3,6,10H,4-5,7-8H2,1H3,(H,15,18)(H,16,17). The van der Waals surface area contributed by atoms with Gasteiger partial charge >= 0.3 is 0 Å². The molecule has 2 aromatic heterocycles. The van der Waals surface area contributed by atoms with Gasteiger partial charge in [0.1, 0.15) is 5.82 Å². The normalized spacial score (nSPS) is 18.1. The monoisotopic (exact) mass is 275 g/mol. The molecule has 5 heteroatoms. The van der Waals surface area contributed by atoms with E-state index in [1.807, 2.05) is 24.4 Å². The van der Waals surface area contributed by atoms with Crippen LogP contribution >= 0.6 is 11.3 Å². The first kappa shape index (κ1) is 12.4. The van der Waals surface area contributed by atoms with E-state index in [1.165, 1.54) is 4.88 Å². The van der Waals surface area contributed by atoms with Gasteiger partial charge in [-0.1, -0.05) is 6.07 Å². The van der Waals surface area contributed by atoms with E-state index in [0.717, 1.165) is 36.5 Å². The zero-order chi connectivity index (χ0) is 13.2. The first-order chi connectivity index (χ1) is 9.22. The van der Waals surface area contributed by atoms with Crippen molar-refractivity contribution >= 4 is 17.2 Å². The third-order valence-corrected chi connectivity index (χ3v) is 4.43. The van der Waals surface area contributed by atoms with Gasteiger partial charge in [-0.2, -0.15) is 0 Å². The van der Waals surface area contributed by atoms with Crippen molar-refractivity contribution in [1.82, 2.24) is 15.3 Å². The van der Waals surface area contributed by atoms with Crippen LogP contribution in [0.1, 0.15) is 28.5 Å². The second-order valence-corrected chi connectivity index (χ2v) is 6.02. The van der Waals surface area contributed by atoms with Crippen LogP contribution in [0.5, 0.6) is 0 Å². The molecule has 1 aliphatic rings. The van der Waals surface area contributed by atoms with Gasteiger partial charge in [-0.05, 0) is 31.2 Å². The molecule has 100 valence electrons. The maximum atomic E-state index is 12.2. The van der Waals surface area contributed by atoms with Crippen LogP contribution in [0.2, 0.25) is 0 Å². The van der Waals surface area contributed by atoms with E-state index in [9.17, 15) is 4.79 Å². The summed E-state index contributed by atoms with van der Waals surface area (Å²) in [5, 5.41) is 5.06. The number of imidazole rings is 1. The van der Waals surface area contributed by atoms with Crippen molar-refractivity contribution < 1.29 is 4.79 Å². The van der Waals surface area contributed by atoms with E-state index < -0.39 is 0 Å². The van der Waals surface area contributed by atoms with Gasteiger partial charge in [0.2, 0.25) is 5.91 Å². The maximum Gasteiger partial charge on any atom is 0.223 e. The van der Waals surface area contributed by atoms with Crippen LogP contribution in [0.25, 0.3) is 0 Å². The molecule has 0 saturated carbocycles. The Morgan fingerprint density at radius 1 is 1.63 bits per heavy atom. The smallest absolute Gasteiger partial charge is 0.223 e. The summed E-state index contributed by atoms with van der Waals surface area (Å²) >= 11 is 1.67. The number of carbonyl (C=O) groups excluding carboxylic acids is 1. The van der Waals surface area contributed by atoms with Crippen LogP contribution < -0.4 is 5.32 Å². The zero-order valence-electron chi connectivity index (χ0n) is 10.9. The Kier molecular flexibility index (Phi) is 3.38. The number of H-pyrrole nitrogens is 1. The minimum Gasteiger partial charge on any atom is -0.351 e. The fourth-order valence-electron chi connectivity index (χ4n) is 2.58. The average Bonchev–Trinajstić information content (AvgIpc) is 3.02. The van der Waals surface area contributed by atoms with E-state index in [2.05, 4.69) is 15.3 Å². The van der Waals surface area contributed by atoms with Crippen LogP contribution in [-0.4, -0.2) is 15.9 Å². The van der Waals surface area contributed by atoms with Gasteiger partial charge in [0.05, 0.1) is 12.2 Å². The Labute approximate surface area is 116 Å². The number of rotatable bonds is 3. The molecule has 1 amide bonds. The predicted octanol–water partition coefficient (Wildman–Crippen LogP) is 2.20. The van der Waals surface area contributed by atoms with Gasteiger partial charge in [0.15, 0.2) is 0 Å². The average molecular weight is 275 g/mol. The van der Waals surface area contributed by atoms with Crippen LogP contribution in [0.3, 0.4) is 0 Å². The first-order valence-electron chi connectivity index (χ1n) is 6.57. The summed E-state index contributed by atoms with van der Waals surface area (Å²) in [4.78, 5) is 21.1. The van der Waals surface area contributed by atoms with Gasteiger partial charge in [0, 0.05) is 22.9 Å². The lowest BCUT2D eigenvalue weighted by atomic mass is 9.89. The third kappa shape index (κ3) is 2.71. The lowest BCUT2D eigenvalue weighted by Gasteiger charge is -2.20. The highest BCUT2D eigenvalue weighted by molar-refractivity contribution is 7.09. The third-order valence-electron chi connectivity index (χ3n) is 3.55. The molecule has 0 saturated heterocycles. The number of carbonyl (C=O) groups is 1. The Balaban J connectivity index is 1.59. The number of amides is 1. The summed E-state index contributed by atoms with van der Waals surface area (Å²) in [6.07, 6.45) is 2.58. The van der Waals surface area contributed by atoms with Crippen molar-refractivity contribution in [3.8, 4) is 0 Å².